The Hall–Kier alpha value is -1.36. The first-order valence-corrected chi connectivity index (χ1v) is 7.98. The Morgan fingerprint density at radius 1 is 1.33 bits per heavy atom. The summed E-state index contributed by atoms with van der Waals surface area (Å²) in [6.07, 6.45) is 2.60. The van der Waals surface area contributed by atoms with E-state index >= 15 is 0 Å². The molecule has 5 heteroatoms. The SMILES string of the molecule is Cc1cc(OC(C)C)nc(N(CC2CCCN2)C(C)C)n1. The number of nitrogens with zero attached hydrogens (tertiary/aromatic N) is 3. The van der Waals surface area contributed by atoms with Gasteiger partial charge in [-0.3, -0.25) is 0 Å². The second-order valence-corrected chi connectivity index (χ2v) is 6.35. The number of ether oxygens (including phenoxy) is 1. The summed E-state index contributed by atoms with van der Waals surface area (Å²) < 4.78 is 5.74. The average molecular weight is 292 g/mol. The molecule has 1 aliphatic heterocycles. The van der Waals surface area contributed by atoms with E-state index in [0.717, 1.165) is 24.7 Å². The van der Waals surface area contributed by atoms with Gasteiger partial charge in [-0.2, -0.15) is 4.98 Å². The monoisotopic (exact) mass is 292 g/mol. The van der Waals surface area contributed by atoms with Crippen LogP contribution in [0.3, 0.4) is 0 Å². The normalized spacial score (nSPS) is 18.5. The molecule has 0 bridgehead atoms. The van der Waals surface area contributed by atoms with Crippen molar-refractivity contribution in [1.29, 1.82) is 0 Å². The smallest absolute Gasteiger partial charge is 0.229 e. The molecule has 118 valence electrons. The Morgan fingerprint density at radius 2 is 2.10 bits per heavy atom. The van der Waals surface area contributed by atoms with Crippen molar-refractivity contribution in [1.82, 2.24) is 15.3 Å². The second-order valence-electron chi connectivity index (χ2n) is 6.35. The third-order valence-corrected chi connectivity index (χ3v) is 3.64. The van der Waals surface area contributed by atoms with Gasteiger partial charge in [0.1, 0.15) is 0 Å². The van der Waals surface area contributed by atoms with Gasteiger partial charge in [-0.1, -0.05) is 0 Å². The van der Waals surface area contributed by atoms with Gasteiger partial charge >= 0.3 is 0 Å². The van der Waals surface area contributed by atoms with Gasteiger partial charge in [0.2, 0.25) is 11.8 Å². The quantitative estimate of drug-likeness (QED) is 0.873. The van der Waals surface area contributed by atoms with Crippen LogP contribution in [0, 0.1) is 6.92 Å². The van der Waals surface area contributed by atoms with Gasteiger partial charge in [0.25, 0.3) is 0 Å². The number of hydrogen-bond acceptors (Lipinski definition) is 5. The van der Waals surface area contributed by atoms with Gasteiger partial charge in [0.05, 0.1) is 6.10 Å². The van der Waals surface area contributed by atoms with Gasteiger partial charge in [-0.25, -0.2) is 4.98 Å². The molecule has 0 spiro atoms. The van der Waals surface area contributed by atoms with Crippen LogP contribution in [0.2, 0.25) is 0 Å². The zero-order valence-electron chi connectivity index (χ0n) is 13.9. The molecule has 2 rings (SSSR count). The fourth-order valence-corrected chi connectivity index (χ4v) is 2.63. The molecule has 0 amide bonds. The van der Waals surface area contributed by atoms with Gasteiger partial charge in [0, 0.05) is 30.4 Å². The fraction of sp³-hybridized carbons (Fsp3) is 0.750. The van der Waals surface area contributed by atoms with E-state index in [2.05, 4.69) is 34.0 Å². The van der Waals surface area contributed by atoms with Gasteiger partial charge in [-0.15, -0.1) is 0 Å². The lowest BCUT2D eigenvalue weighted by molar-refractivity contribution is 0.232. The highest BCUT2D eigenvalue weighted by Gasteiger charge is 2.22. The van der Waals surface area contributed by atoms with Crippen LogP contribution in [0.5, 0.6) is 5.88 Å². The first kappa shape index (κ1) is 16.0. The minimum absolute atomic E-state index is 0.121. The molecule has 0 aliphatic carbocycles. The molecule has 1 saturated heterocycles. The maximum absolute atomic E-state index is 5.74. The molecular formula is C16H28N4O. The van der Waals surface area contributed by atoms with Crippen molar-refractivity contribution in [2.75, 3.05) is 18.0 Å². The van der Waals surface area contributed by atoms with Crippen LogP contribution in [-0.2, 0) is 0 Å². The zero-order valence-corrected chi connectivity index (χ0v) is 13.9. The van der Waals surface area contributed by atoms with Crippen LogP contribution in [-0.4, -0.2) is 41.2 Å². The van der Waals surface area contributed by atoms with E-state index in [1.807, 2.05) is 26.8 Å². The first-order chi connectivity index (χ1) is 9.95. The molecule has 1 fully saturated rings. The first-order valence-electron chi connectivity index (χ1n) is 7.98. The van der Waals surface area contributed by atoms with Crippen LogP contribution < -0.4 is 15.0 Å². The lowest BCUT2D eigenvalue weighted by Crippen LogP contribution is -2.42. The van der Waals surface area contributed by atoms with E-state index in [1.165, 1.54) is 12.8 Å². The van der Waals surface area contributed by atoms with E-state index in [-0.39, 0.29) is 6.10 Å². The van der Waals surface area contributed by atoms with Crippen LogP contribution >= 0.6 is 0 Å². The summed E-state index contributed by atoms with van der Waals surface area (Å²) in [6, 6.07) is 2.79. The number of hydrogen-bond donors (Lipinski definition) is 1. The Kier molecular flexibility index (Phi) is 5.39. The summed E-state index contributed by atoms with van der Waals surface area (Å²) in [5, 5.41) is 3.54. The highest BCUT2D eigenvalue weighted by molar-refractivity contribution is 5.36. The molecule has 1 aromatic heterocycles. The molecule has 1 N–H and O–H groups in total. The number of rotatable bonds is 6. The Labute approximate surface area is 128 Å². The van der Waals surface area contributed by atoms with Crippen molar-refractivity contribution in [3.8, 4) is 5.88 Å². The summed E-state index contributed by atoms with van der Waals surface area (Å²) in [5.41, 5.74) is 0.945. The third kappa shape index (κ3) is 4.56. The van der Waals surface area contributed by atoms with Crippen molar-refractivity contribution in [3.63, 3.8) is 0 Å². The molecule has 2 heterocycles. The molecule has 21 heavy (non-hydrogen) atoms. The second kappa shape index (κ2) is 7.07. The Bertz CT molecular complexity index is 456. The maximum Gasteiger partial charge on any atom is 0.229 e. The highest BCUT2D eigenvalue weighted by Crippen LogP contribution is 2.20. The molecule has 1 atom stereocenters. The van der Waals surface area contributed by atoms with E-state index in [0.29, 0.717) is 18.0 Å². The highest BCUT2D eigenvalue weighted by atomic mass is 16.5. The third-order valence-electron chi connectivity index (χ3n) is 3.64. The number of nitrogens with one attached hydrogen (secondary N) is 1. The molecule has 5 nitrogen and oxygen atoms in total. The van der Waals surface area contributed by atoms with Gasteiger partial charge < -0.3 is 15.0 Å². The van der Waals surface area contributed by atoms with Crippen LogP contribution in [0.15, 0.2) is 6.07 Å². The summed E-state index contributed by atoms with van der Waals surface area (Å²) in [7, 11) is 0. The molecule has 1 aliphatic rings. The molecule has 0 radical (unpaired) electrons. The molecular weight excluding hydrogens is 264 g/mol. The zero-order chi connectivity index (χ0) is 15.4. The maximum atomic E-state index is 5.74. The number of anilines is 1. The van der Waals surface area contributed by atoms with Gasteiger partial charge in [0.15, 0.2) is 0 Å². The summed E-state index contributed by atoms with van der Waals surface area (Å²) in [5.74, 6) is 1.44. The van der Waals surface area contributed by atoms with E-state index in [4.69, 9.17) is 4.74 Å². The van der Waals surface area contributed by atoms with Crippen molar-refractivity contribution in [2.45, 2.75) is 65.6 Å². The van der Waals surface area contributed by atoms with Crippen molar-refractivity contribution >= 4 is 5.95 Å². The van der Waals surface area contributed by atoms with E-state index < -0.39 is 0 Å². The molecule has 0 saturated carbocycles. The van der Waals surface area contributed by atoms with Crippen molar-refractivity contribution in [3.05, 3.63) is 11.8 Å². The minimum Gasteiger partial charge on any atom is -0.475 e. The summed E-state index contributed by atoms with van der Waals surface area (Å²) >= 11 is 0. The lowest BCUT2D eigenvalue weighted by atomic mass is 10.2. The standard InChI is InChI=1S/C16H28N4O/c1-11(2)20(10-14-7-6-8-17-14)16-18-13(5)9-15(19-16)21-12(3)4/h9,11-12,14,17H,6-8,10H2,1-5H3. The van der Waals surface area contributed by atoms with Crippen LogP contribution in [0.25, 0.3) is 0 Å². The lowest BCUT2D eigenvalue weighted by Gasteiger charge is -2.30. The van der Waals surface area contributed by atoms with Crippen molar-refractivity contribution < 1.29 is 4.74 Å². The number of aromatic nitrogens is 2. The average Bonchev–Trinajstić information content (AvgIpc) is 2.86. The van der Waals surface area contributed by atoms with Gasteiger partial charge in [-0.05, 0) is 54.0 Å². The summed E-state index contributed by atoms with van der Waals surface area (Å²) in [4.78, 5) is 11.5. The molecule has 1 unspecified atom stereocenters. The summed E-state index contributed by atoms with van der Waals surface area (Å²) in [6.45, 7) is 12.5. The van der Waals surface area contributed by atoms with Crippen molar-refractivity contribution in [2.24, 2.45) is 0 Å². The Balaban J connectivity index is 2.19. The van der Waals surface area contributed by atoms with E-state index in [1.54, 1.807) is 0 Å². The largest absolute Gasteiger partial charge is 0.475 e. The Morgan fingerprint density at radius 3 is 2.67 bits per heavy atom. The number of aryl methyl sites for hydroxylation is 1. The predicted octanol–water partition coefficient (Wildman–Crippen LogP) is 2.54. The molecule has 0 aromatic carbocycles. The van der Waals surface area contributed by atoms with E-state index in [9.17, 15) is 0 Å². The predicted molar refractivity (Wildman–Crippen MR) is 86.0 cm³/mol. The topological polar surface area (TPSA) is 50.3 Å². The minimum atomic E-state index is 0.121. The van der Waals surface area contributed by atoms with Crippen LogP contribution in [0.4, 0.5) is 5.95 Å². The molecule has 1 aromatic rings. The van der Waals surface area contributed by atoms with Crippen LogP contribution in [0.1, 0.15) is 46.2 Å². The fourth-order valence-electron chi connectivity index (χ4n) is 2.63.